The van der Waals surface area contributed by atoms with Crippen molar-refractivity contribution in [2.45, 2.75) is 12.8 Å². The largest absolute Gasteiger partial charge is 0.477 e. The van der Waals surface area contributed by atoms with Gasteiger partial charge < -0.3 is 24.2 Å². The number of aromatic nitrogens is 2. The van der Waals surface area contributed by atoms with E-state index in [0.29, 0.717) is 35.8 Å². The first kappa shape index (κ1) is 23.6. The highest BCUT2D eigenvalue weighted by Crippen LogP contribution is 2.33. The Balaban J connectivity index is 1.45. The van der Waals surface area contributed by atoms with Gasteiger partial charge in [-0.3, -0.25) is 4.79 Å². The van der Waals surface area contributed by atoms with Crippen molar-refractivity contribution in [3.63, 3.8) is 0 Å². The molecule has 2 aliphatic heterocycles. The molecule has 10 heteroatoms. The van der Waals surface area contributed by atoms with Crippen LogP contribution in [0.3, 0.4) is 0 Å². The van der Waals surface area contributed by atoms with Gasteiger partial charge in [-0.25, -0.2) is 14.2 Å². The molecular weight excluding hydrogens is 495 g/mol. The molecule has 190 valence electrons. The minimum absolute atomic E-state index is 0.351. The van der Waals surface area contributed by atoms with Gasteiger partial charge in [-0.05, 0) is 43.2 Å². The molecule has 0 atom stereocenters. The van der Waals surface area contributed by atoms with Crippen molar-refractivity contribution in [1.29, 1.82) is 0 Å². The third-order valence-corrected chi connectivity index (χ3v) is 7.97. The van der Waals surface area contributed by atoms with Gasteiger partial charge in [0.05, 0.1) is 34.8 Å². The number of anilines is 2. The minimum atomic E-state index is -1.31. The van der Waals surface area contributed by atoms with Crippen molar-refractivity contribution in [3.05, 3.63) is 70.3 Å². The van der Waals surface area contributed by atoms with Crippen LogP contribution in [0, 0.1) is 5.82 Å². The summed E-state index contributed by atoms with van der Waals surface area (Å²) in [5.41, 5.74) is 1.96. The van der Waals surface area contributed by atoms with Gasteiger partial charge >= 0.3 is 5.97 Å². The third-order valence-electron chi connectivity index (χ3n) is 6.89. The number of pyridine rings is 1. The summed E-state index contributed by atoms with van der Waals surface area (Å²) in [7, 11) is 0. The van der Waals surface area contributed by atoms with Gasteiger partial charge in [0, 0.05) is 49.7 Å². The molecule has 2 saturated heterocycles. The third kappa shape index (κ3) is 4.47. The molecule has 0 aliphatic carbocycles. The lowest BCUT2D eigenvalue weighted by Crippen LogP contribution is -2.36. The number of benzene rings is 2. The Morgan fingerprint density at radius 2 is 1.78 bits per heavy atom. The van der Waals surface area contributed by atoms with Crippen molar-refractivity contribution in [2.75, 3.05) is 49.2 Å². The van der Waals surface area contributed by atoms with Crippen LogP contribution in [-0.2, 0) is 4.74 Å². The molecule has 0 radical (unpaired) electrons. The normalized spacial score (nSPS) is 16.0. The molecule has 0 amide bonds. The molecule has 37 heavy (non-hydrogen) atoms. The zero-order chi connectivity index (χ0) is 25.5. The molecule has 4 aromatic rings. The number of aromatic carboxylic acids is 1. The van der Waals surface area contributed by atoms with Gasteiger partial charge in [0.15, 0.2) is 10.6 Å². The summed E-state index contributed by atoms with van der Waals surface area (Å²) in [5, 5.41) is 10.5. The molecule has 2 aromatic heterocycles. The van der Waals surface area contributed by atoms with Crippen LogP contribution in [0.15, 0.2) is 53.5 Å². The summed E-state index contributed by atoms with van der Waals surface area (Å²) in [6.07, 6.45) is 3.38. The van der Waals surface area contributed by atoms with E-state index in [-0.39, 0.29) is 11.4 Å². The van der Waals surface area contributed by atoms with Gasteiger partial charge in [0.25, 0.3) is 0 Å². The summed E-state index contributed by atoms with van der Waals surface area (Å²) >= 11 is 1.55. The lowest BCUT2D eigenvalue weighted by molar-refractivity contribution is 0.0695. The molecule has 2 aromatic carbocycles. The number of carboxylic acids is 1. The predicted octanol–water partition coefficient (Wildman–Crippen LogP) is 4.39. The molecular formula is C27H25FN4O4S. The van der Waals surface area contributed by atoms with E-state index in [1.165, 1.54) is 18.3 Å². The molecule has 6 rings (SSSR count). The van der Waals surface area contributed by atoms with E-state index in [2.05, 4.69) is 4.90 Å². The first-order valence-corrected chi connectivity index (χ1v) is 13.1. The van der Waals surface area contributed by atoms with Crippen LogP contribution in [0.5, 0.6) is 0 Å². The standard InChI is InChI=1S/C27H25FN4O4S/c28-20-13-17(3-6-22(20)30-7-1-2-8-30)23-15-24(33)19(26(34)35)16-32(23)18-4-5-21-25(14-18)37-27(29-21)31-9-11-36-12-10-31/h3-6,13-16H,1-2,7-12H2,(H,34,35). The Hall–Kier alpha value is -3.76. The topological polar surface area (TPSA) is 87.9 Å². The molecule has 4 heterocycles. The molecule has 0 saturated carbocycles. The van der Waals surface area contributed by atoms with E-state index in [1.54, 1.807) is 28.0 Å². The van der Waals surface area contributed by atoms with Gasteiger partial charge in [-0.15, -0.1) is 0 Å². The van der Waals surface area contributed by atoms with Gasteiger partial charge in [0.2, 0.25) is 0 Å². The van der Waals surface area contributed by atoms with Crippen molar-refractivity contribution in [1.82, 2.24) is 9.55 Å². The van der Waals surface area contributed by atoms with E-state index in [1.807, 2.05) is 23.1 Å². The Bertz CT molecular complexity index is 1550. The maximum absolute atomic E-state index is 15.2. The number of carboxylic acid groups (broad SMARTS) is 1. The smallest absolute Gasteiger partial charge is 0.341 e. The second-order valence-electron chi connectivity index (χ2n) is 9.22. The van der Waals surface area contributed by atoms with Crippen molar-refractivity contribution < 1.29 is 19.0 Å². The van der Waals surface area contributed by atoms with Crippen LogP contribution in [0.2, 0.25) is 0 Å². The van der Waals surface area contributed by atoms with Crippen molar-refractivity contribution >= 4 is 38.3 Å². The van der Waals surface area contributed by atoms with E-state index in [9.17, 15) is 14.7 Å². The number of fused-ring (bicyclic) bond motifs is 1. The number of halogens is 1. The summed E-state index contributed by atoms with van der Waals surface area (Å²) in [5.74, 6) is -1.68. The molecule has 0 bridgehead atoms. The number of carbonyl (C=O) groups is 1. The fourth-order valence-corrected chi connectivity index (χ4v) is 6.00. The molecule has 0 unspecified atom stereocenters. The van der Waals surface area contributed by atoms with Crippen LogP contribution in [0.4, 0.5) is 15.2 Å². The molecule has 2 aliphatic rings. The van der Waals surface area contributed by atoms with Crippen molar-refractivity contribution in [3.8, 4) is 16.9 Å². The summed E-state index contributed by atoms with van der Waals surface area (Å²) in [4.78, 5) is 33.4. The van der Waals surface area contributed by atoms with Crippen LogP contribution >= 0.6 is 11.3 Å². The number of thiazole rings is 1. The molecule has 2 fully saturated rings. The van der Waals surface area contributed by atoms with E-state index in [0.717, 1.165) is 54.4 Å². The number of ether oxygens (including phenoxy) is 1. The van der Waals surface area contributed by atoms with Gasteiger partial charge in [-0.1, -0.05) is 17.4 Å². The average Bonchev–Trinajstić information content (AvgIpc) is 3.59. The number of morpholine rings is 1. The number of hydrogen-bond acceptors (Lipinski definition) is 7. The second kappa shape index (κ2) is 9.60. The number of rotatable bonds is 5. The summed E-state index contributed by atoms with van der Waals surface area (Å²) in [6, 6.07) is 11.8. The van der Waals surface area contributed by atoms with Gasteiger partial charge in [-0.2, -0.15) is 0 Å². The Labute approximate surface area is 216 Å². The Morgan fingerprint density at radius 1 is 1.00 bits per heavy atom. The average molecular weight is 521 g/mol. The predicted molar refractivity (Wildman–Crippen MR) is 142 cm³/mol. The first-order chi connectivity index (χ1) is 18.0. The highest BCUT2D eigenvalue weighted by molar-refractivity contribution is 7.22. The van der Waals surface area contributed by atoms with Crippen molar-refractivity contribution in [2.24, 2.45) is 0 Å². The zero-order valence-corrected chi connectivity index (χ0v) is 20.8. The molecule has 8 nitrogen and oxygen atoms in total. The van der Waals surface area contributed by atoms with Crippen LogP contribution in [0.1, 0.15) is 23.2 Å². The van der Waals surface area contributed by atoms with Crippen LogP contribution < -0.4 is 15.2 Å². The van der Waals surface area contributed by atoms with Crippen LogP contribution in [-0.4, -0.2) is 60.0 Å². The Morgan fingerprint density at radius 3 is 2.51 bits per heavy atom. The first-order valence-electron chi connectivity index (χ1n) is 12.3. The molecule has 0 spiro atoms. The molecule has 1 N–H and O–H groups in total. The number of hydrogen-bond donors (Lipinski definition) is 1. The van der Waals surface area contributed by atoms with Crippen LogP contribution in [0.25, 0.3) is 27.2 Å². The van der Waals surface area contributed by atoms with E-state index >= 15 is 4.39 Å². The monoisotopic (exact) mass is 520 g/mol. The fraction of sp³-hybridized carbons (Fsp3) is 0.296. The quantitative estimate of drug-likeness (QED) is 0.418. The SMILES string of the molecule is O=C(O)c1cn(-c2ccc3nc(N4CCOCC4)sc3c2)c(-c2ccc(N3CCCC3)c(F)c2)cc1=O. The Kier molecular flexibility index (Phi) is 6.13. The number of nitrogens with zero attached hydrogens (tertiary/aromatic N) is 4. The maximum atomic E-state index is 15.2. The van der Waals surface area contributed by atoms with E-state index < -0.39 is 11.4 Å². The summed E-state index contributed by atoms with van der Waals surface area (Å²) < 4.78 is 23.2. The fourth-order valence-electron chi connectivity index (χ4n) is 4.95. The summed E-state index contributed by atoms with van der Waals surface area (Å²) in [6.45, 7) is 4.50. The maximum Gasteiger partial charge on any atom is 0.341 e. The lowest BCUT2D eigenvalue weighted by Gasteiger charge is -2.25. The highest BCUT2D eigenvalue weighted by Gasteiger charge is 2.20. The lowest BCUT2D eigenvalue weighted by atomic mass is 10.1. The zero-order valence-electron chi connectivity index (χ0n) is 20.0. The highest BCUT2D eigenvalue weighted by atomic mass is 32.1. The van der Waals surface area contributed by atoms with Gasteiger partial charge in [0.1, 0.15) is 11.4 Å². The van der Waals surface area contributed by atoms with E-state index in [4.69, 9.17) is 9.72 Å². The second-order valence-corrected chi connectivity index (χ2v) is 10.2. The minimum Gasteiger partial charge on any atom is -0.477 e.